The molecule has 1 aromatic carbocycles. The maximum absolute atomic E-state index is 10.4. The van der Waals surface area contributed by atoms with Crippen molar-refractivity contribution < 1.29 is 9.90 Å². The summed E-state index contributed by atoms with van der Waals surface area (Å²) < 4.78 is 0. The molecule has 1 aromatic heterocycles. The first-order chi connectivity index (χ1) is 9.58. The standard InChI is InChI=1S/C14H14N4O2/c1-16-12-8-11(17-14(15)18-12)10-5-2-9(3-6-10)4-7-13(19)20/h2-8H,1H3,(H,19,20)(H3,15,16,17,18)/b7-4+. The van der Waals surface area contributed by atoms with Crippen LogP contribution in [0.5, 0.6) is 0 Å². The second-order valence-corrected chi connectivity index (χ2v) is 4.04. The second kappa shape index (κ2) is 5.83. The molecule has 0 fully saturated rings. The molecule has 102 valence electrons. The van der Waals surface area contributed by atoms with Gasteiger partial charge in [0.2, 0.25) is 5.95 Å². The Bertz CT molecular complexity index is 651. The van der Waals surface area contributed by atoms with Gasteiger partial charge in [0.05, 0.1) is 5.69 Å². The third kappa shape index (κ3) is 3.32. The van der Waals surface area contributed by atoms with Crippen molar-refractivity contribution in [2.24, 2.45) is 0 Å². The molecule has 0 unspecified atom stereocenters. The van der Waals surface area contributed by atoms with Crippen LogP contribution >= 0.6 is 0 Å². The molecule has 20 heavy (non-hydrogen) atoms. The van der Waals surface area contributed by atoms with Crippen molar-refractivity contribution in [3.63, 3.8) is 0 Å². The second-order valence-electron chi connectivity index (χ2n) is 4.04. The highest BCUT2D eigenvalue weighted by atomic mass is 16.4. The summed E-state index contributed by atoms with van der Waals surface area (Å²) in [4.78, 5) is 18.6. The minimum atomic E-state index is -0.976. The lowest BCUT2D eigenvalue weighted by atomic mass is 10.1. The fourth-order valence-electron chi connectivity index (χ4n) is 1.67. The highest BCUT2D eigenvalue weighted by molar-refractivity contribution is 5.85. The third-order valence-electron chi connectivity index (χ3n) is 2.62. The Morgan fingerprint density at radius 2 is 2.00 bits per heavy atom. The van der Waals surface area contributed by atoms with Crippen molar-refractivity contribution in [3.05, 3.63) is 42.0 Å². The molecule has 0 atom stereocenters. The summed E-state index contributed by atoms with van der Waals surface area (Å²) in [5.41, 5.74) is 8.02. The van der Waals surface area contributed by atoms with Crippen molar-refractivity contribution in [1.82, 2.24) is 9.97 Å². The quantitative estimate of drug-likeness (QED) is 0.733. The van der Waals surface area contributed by atoms with E-state index in [9.17, 15) is 4.79 Å². The van der Waals surface area contributed by atoms with E-state index in [4.69, 9.17) is 10.8 Å². The minimum Gasteiger partial charge on any atom is -0.478 e. The normalized spacial score (nSPS) is 10.7. The number of nitrogen functional groups attached to an aromatic ring is 1. The van der Waals surface area contributed by atoms with Gasteiger partial charge in [-0.05, 0) is 11.6 Å². The van der Waals surface area contributed by atoms with E-state index in [0.717, 1.165) is 17.2 Å². The Morgan fingerprint density at radius 3 is 2.60 bits per heavy atom. The van der Waals surface area contributed by atoms with Crippen LogP contribution in [-0.4, -0.2) is 28.1 Å². The van der Waals surface area contributed by atoms with Gasteiger partial charge < -0.3 is 16.2 Å². The molecular formula is C14H14N4O2. The molecule has 0 aliphatic carbocycles. The molecule has 0 saturated carbocycles. The van der Waals surface area contributed by atoms with Crippen molar-refractivity contribution >= 4 is 23.8 Å². The Labute approximate surface area is 116 Å². The van der Waals surface area contributed by atoms with Crippen LogP contribution in [-0.2, 0) is 4.79 Å². The molecule has 0 aliphatic rings. The predicted octanol–water partition coefficient (Wildman–Crippen LogP) is 1.87. The van der Waals surface area contributed by atoms with Crippen LogP contribution in [0.4, 0.5) is 11.8 Å². The monoisotopic (exact) mass is 270 g/mol. The lowest BCUT2D eigenvalue weighted by Gasteiger charge is -2.05. The number of nitrogens with zero attached hydrogens (tertiary/aromatic N) is 2. The predicted molar refractivity (Wildman–Crippen MR) is 78.1 cm³/mol. The SMILES string of the molecule is CNc1cc(-c2ccc(/C=C/C(=O)O)cc2)nc(N)n1. The smallest absolute Gasteiger partial charge is 0.328 e. The van der Waals surface area contributed by atoms with Crippen molar-refractivity contribution in [1.29, 1.82) is 0 Å². The van der Waals surface area contributed by atoms with Crippen LogP contribution < -0.4 is 11.1 Å². The van der Waals surface area contributed by atoms with Crippen LogP contribution in [0.15, 0.2) is 36.4 Å². The van der Waals surface area contributed by atoms with Crippen molar-refractivity contribution in [2.75, 3.05) is 18.1 Å². The van der Waals surface area contributed by atoms with Gasteiger partial charge in [0.25, 0.3) is 0 Å². The molecule has 4 N–H and O–H groups in total. The molecule has 1 heterocycles. The number of aromatic nitrogens is 2. The van der Waals surface area contributed by atoms with Crippen molar-refractivity contribution in [3.8, 4) is 11.3 Å². The van der Waals surface area contributed by atoms with Crippen LogP contribution in [0, 0.1) is 0 Å². The number of nitrogens with two attached hydrogens (primary N) is 1. The van der Waals surface area contributed by atoms with Gasteiger partial charge in [0.15, 0.2) is 0 Å². The number of carbonyl (C=O) groups is 1. The summed E-state index contributed by atoms with van der Waals surface area (Å²) in [6, 6.07) is 9.11. The van der Waals surface area contributed by atoms with E-state index in [0.29, 0.717) is 11.5 Å². The number of carboxylic acid groups (broad SMARTS) is 1. The number of nitrogens with one attached hydrogen (secondary N) is 1. The van der Waals surface area contributed by atoms with Gasteiger partial charge in [-0.25, -0.2) is 9.78 Å². The summed E-state index contributed by atoms with van der Waals surface area (Å²) in [5.74, 6) is -0.139. The highest BCUT2D eigenvalue weighted by Crippen LogP contribution is 2.21. The largest absolute Gasteiger partial charge is 0.478 e. The molecule has 2 aromatic rings. The topological polar surface area (TPSA) is 101 Å². The average Bonchev–Trinajstić information content (AvgIpc) is 2.45. The van der Waals surface area contributed by atoms with Gasteiger partial charge in [-0.2, -0.15) is 4.98 Å². The first-order valence-electron chi connectivity index (χ1n) is 5.92. The van der Waals surface area contributed by atoms with Gasteiger partial charge in [0, 0.05) is 24.8 Å². The lowest BCUT2D eigenvalue weighted by molar-refractivity contribution is -0.131. The number of hydrogen-bond donors (Lipinski definition) is 3. The van der Waals surface area contributed by atoms with E-state index in [2.05, 4.69) is 15.3 Å². The fraction of sp³-hybridized carbons (Fsp3) is 0.0714. The minimum absolute atomic E-state index is 0.196. The molecule has 2 rings (SSSR count). The zero-order valence-corrected chi connectivity index (χ0v) is 10.9. The zero-order chi connectivity index (χ0) is 14.5. The molecule has 0 saturated heterocycles. The third-order valence-corrected chi connectivity index (χ3v) is 2.62. The van der Waals surface area contributed by atoms with E-state index in [1.54, 1.807) is 13.1 Å². The first-order valence-corrected chi connectivity index (χ1v) is 5.92. The zero-order valence-electron chi connectivity index (χ0n) is 10.9. The van der Waals surface area contributed by atoms with E-state index >= 15 is 0 Å². The molecule has 6 heteroatoms. The first kappa shape index (κ1) is 13.5. The Balaban J connectivity index is 2.30. The summed E-state index contributed by atoms with van der Waals surface area (Å²) in [5, 5.41) is 11.5. The average molecular weight is 270 g/mol. The highest BCUT2D eigenvalue weighted by Gasteiger charge is 2.04. The van der Waals surface area contributed by atoms with Gasteiger partial charge in [0.1, 0.15) is 5.82 Å². The summed E-state index contributed by atoms with van der Waals surface area (Å²) in [7, 11) is 1.76. The van der Waals surface area contributed by atoms with E-state index in [1.807, 2.05) is 24.3 Å². The van der Waals surface area contributed by atoms with Crippen LogP contribution in [0.25, 0.3) is 17.3 Å². The van der Waals surface area contributed by atoms with Crippen LogP contribution in [0.3, 0.4) is 0 Å². The fourth-order valence-corrected chi connectivity index (χ4v) is 1.67. The van der Waals surface area contributed by atoms with Crippen LogP contribution in [0.2, 0.25) is 0 Å². The molecule has 6 nitrogen and oxygen atoms in total. The molecule has 0 aliphatic heterocycles. The number of hydrogen-bond acceptors (Lipinski definition) is 5. The Hall–Kier alpha value is -2.89. The molecular weight excluding hydrogens is 256 g/mol. The lowest BCUT2D eigenvalue weighted by Crippen LogP contribution is -2.01. The van der Waals surface area contributed by atoms with Gasteiger partial charge in [-0.15, -0.1) is 0 Å². The van der Waals surface area contributed by atoms with E-state index in [1.165, 1.54) is 6.08 Å². The number of aliphatic carboxylic acids is 1. The van der Waals surface area contributed by atoms with Gasteiger partial charge >= 0.3 is 5.97 Å². The van der Waals surface area contributed by atoms with Gasteiger partial charge in [-0.3, -0.25) is 0 Å². The number of anilines is 2. The van der Waals surface area contributed by atoms with Gasteiger partial charge in [-0.1, -0.05) is 24.3 Å². The molecule has 0 amide bonds. The summed E-state index contributed by atoms with van der Waals surface area (Å²) >= 11 is 0. The van der Waals surface area contributed by atoms with E-state index in [-0.39, 0.29) is 5.95 Å². The number of benzene rings is 1. The Kier molecular flexibility index (Phi) is 3.95. The van der Waals surface area contributed by atoms with Crippen molar-refractivity contribution in [2.45, 2.75) is 0 Å². The molecule has 0 bridgehead atoms. The maximum Gasteiger partial charge on any atom is 0.328 e. The summed E-state index contributed by atoms with van der Waals surface area (Å²) in [6.07, 6.45) is 2.62. The number of carboxylic acids is 1. The Morgan fingerprint density at radius 1 is 1.30 bits per heavy atom. The van der Waals surface area contributed by atoms with E-state index < -0.39 is 5.97 Å². The van der Waals surface area contributed by atoms with Crippen LogP contribution in [0.1, 0.15) is 5.56 Å². The molecule has 0 radical (unpaired) electrons. The molecule has 0 spiro atoms. The summed E-state index contributed by atoms with van der Waals surface area (Å²) in [6.45, 7) is 0. The maximum atomic E-state index is 10.4. The number of rotatable bonds is 4.